The number of ether oxygens (including phenoxy) is 1. The van der Waals surface area contributed by atoms with Crippen LogP contribution >= 0.6 is 0 Å². The van der Waals surface area contributed by atoms with Crippen molar-refractivity contribution in [2.45, 2.75) is 6.04 Å². The maximum absolute atomic E-state index is 12.6. The van der Waals surface area contributed by atoms with E-state index in [-0.39, 0.29) is 11.9 Å². The molecular formula is C20H21N3O2. The van der Waals surface area contributed by atoms with Gasteiger partial charge in [-0.2, -0.15) is 5.26 Å². The minimum absolute atomic E-state index is 0.0950. The number of hydrogen-bond acceptors (Lipinski definition) is 4. The predicted octanol–water partition coefficient (Wildman–Crippen LogP) is 2.36. The number of nitrogens with zero attached hydrogens (tertiary/aromatic N) is 2. The van der Waals surface area contributed by atoms with Crippen LogP contribution in [0.4, 0.5) is 0 Å². The lowest BCUT2D eigenvalue weighted by Gasteiger charge is -2.31. The normalized spacial score (nSPS) is 16.0. The Hall–Kier alpha value is -2.68. The van der Waals surface area contributed by atoms with Crippen molar-refractivity contribution in [2.75, 3.05) is 32.8 Å². The fourth-order valence-corrected chi connectivity index (χ4v) is 2.90. The van der Waals surface area contributed by atoms with Gasteiger partial charge in [0.25, 0.3) is 5.91 Å². The summed E-state index contributed by atoms with van der Waals surface area (Å²) in [6.45, 7) is 3.94. The van der Waals surface area contributed by atoms with Gasteiger partial charge in [-0.1, -0.05) is 30.3 Å². The first kappa shape index (κ1) is 17.2. The molecule has 0 saturated carbocycles. The van der Waals surface area contributed by atoms with E-state index in [9.17, 15) is 4.79 Å². The second kappa shape index (κ2) is 8.43. The van der Waals surface area contributed by atoms with Crippen LogP contribution in [0.25, 0.3) is 0 Å². The van der Waals surface area contributed by atoms with Crippen LogP contribution in [0.1, 0.15) is 27.5 Å². The second-order valence-electron chi connectivity index (χ2n) is 6.04. The van der Waals surface area contributed by atoms with Crippen molar-refractivity contribution < 1.29 is 9.53 Å². The molecule has 0 aliphatic carbocycles. The van der Waals surface area contributed by atoms with Gasteiger partial charge in [0.1, 0.15) is 0 Å². The summed E-state index contributed by atoms with van der Waals surface area (Å²) in [4.78, 5) is 14.9. The van der Waals surface area contributed by atoms with Gasteiger partial charge in [-0.25, -0.2) is 0 Å². The summed E-state index contributed by atoms with van der Waals surface area (Å²) >= 11 is 0. The number of hydrogen-bond donors (Lipinski definition) is 1. The molecule has 0 bridgehead atoms. The maximum Gasteiger partial charge on any atom is 0.251 e. The van der Waals surface area contributed by atoms with E-state index < -0.39 is 0 Å². The summed E-state index contributed by atoms with van der Waals surface area (Å²) in [5, 5.41) is 12.0. The molecule has 2 aromatic carbocycles. The van der Waals surface area contributed by atoms with Gasteiger partial charge >= 0.3 is 0 Å². The predicted molar refractivity (Wildman–Crippen MR) is 95.1 cm³/mol. The molecule has 1 fully saturated rings. The summed E-state index contributed by atoms with van der Waals surface area (Å²) in [7, 11) is 0. The lowest BCUT2D eigenvalue weighted by Crippen LogP contribution is -2.43. The number of benzene rings is 2. The number of amides is 1. The number of rotatable bonds is 5. The van der Waals surface area contributed by atoms with E-state index in [0.717, 1.165) is 38.4 Å². The molecule has 1 N–H and O–H groups in total. The standard InChI is InChI=1S/C20H21N3O2/c21-14-16-6-8-18(9-7-16)20(24)22-19(17-4-2-1-3-5-17)15-23-10-12-25-13-11-23/h1-9,19H,10-13,15H2,(H,22,24)/t19-/m0/s1. The van der Waals surface area contributed by atoms with Crippen LogP contribution in [0.2, 0.25) is 0 Å². The zero-order chi connectivity index (χ0) is 17.5. The highest BCUT2D eigenvalue weighted by Gasteiger charge is 2.20. The maximum atomic E-state index is 12.6. The summed E-state index contributed by atoms with van der Waals surface area (Å²) in [6, 6.07) is 18.7. The highest BCUT2D eigenvalue weighted by Crippen LogP contribution is 2.16. The van der Waals surface area contributed by atoms with Crippen LogP contribution in [0.15, 0.2) is 54.6 Å². The largest absolute Gasteiger partial charge is 0.379 e. The number of carbonyl (C=O) groups is 1. The van der Waals surface area contributed by atoms with Crippen molar-refractivity contribution in [3.8, 4) is 6.07 Å². The van der Waals surface area contributed by atoms with Crippen LogP contribution < -0.4 is 5.32 Å². The molecule has 1 aliphatic rings. The summed E-state index contributed by atoms with van der Waals surface area (Å²) in [6.07, 6.45) is 0. The topological polar surface area (TPSA) is 65.4 Å². The van der Waals surface area contributed by atoms with Crippen LogP contribution in [0.5, 0.6) is 0 Å². The highest BCUT2D eigenvalue weighted by atomic mass is 16.5. The number of carbonyl (C=O) groups excluding carboxylic acids is 1. The van der Waals surface area contributed by atoms with E-state index >= 15 is 0 Å². The van der Waals surface area contributed by atoms with Gasteiger partial charge in [-0.3, -0.25) is 9.69 Å². The minimum atomic E-state index is -0.133. The van der Waals surface area contributed by atoms with Gasteiger partial charge in [0.2, 0.25) is 0 Å². The molecule has 1 heterocycles. The number of nitrogens with one attached hydrogen (secondary N) is 1. The first-order chi connectivity index (χ1) is 12.3. The van der Waals surface area contributed by atoms with E-state index in [4.69, 9.17) is 10.00 Å². The lowest BCUT2D eigenvalue weighted by atomic mass is 10.0. The van der Waals surface area contributed by atoms with Crippen LogP contribution in [-0.4, -0.2) is 43.7 Å². The first-order valence-electron chi connectivity index (χ1n) is 8.42. The lowest BCUT2D eigenvalue weighted by molar-refractivity contribution is 0.0332. The Morgan fingerprint density at radius 2 is 1.80 bits per heavy atom. The van der Waals surface area contributed by atoms with Gasteiger partial charge in [-0.15, -0.1) is 0 Å². The third-order valence-electron chi connectivity index (χ3n) is 4.33. The zero-order valence-electron chi connectivity index (χ0n) is 14.0. The summed E-state index contributed by atoms with van der Waals surface area (Å²) in [5.74, 6) is -0.133. The Labute approximate surface area is 147 Å². The van der Waals surface area contributed by atoms with Crippen molar-refractivity contribution >= 4 is 5.91 Å². The Morgan fingerprint density at radius 1 is 1.12 bits per heavy atom. The van der Waals surface area contributed by atoms with Crippen molar-refractivity contribution in [3.05, 3.63) is 71.3 Å². The Kier molecular flexibility index (Phi) is 5.78. The van der Waals surface area contributed by atoms with Crippen LogP contribution in [0.3, 0.4) is 0 Å². The molecule has 0 aromatic heterocycles. The van der Waals surface area contributed by atoms with Crippen molar-refractivity contribution in [1.29, 1.82) is 5.26 Å². The summed E-state index contributed by atoms with van der Waals surface area (Å²) < 4.78 is 5.40. The molecule has 0 spiro atoms. The smallest absolute Gasteiger partial charge is 0.251 e. The van der Waals surface area contributed by atoms with E-state index in [0.29, 0.717) is 11.1 Å². The van der Waals surface area contributed by atoms with E-state index in [1.165, 1.54) is 0 Å². The third kappa shape index (κ3) is 4.66. The first-order valence-corrected chi connectivity index (χ1v) is 8.42. The van der Waals surface area contributed by atoms with Gasteiger partial charge in [0.05, 0.1) is 30.9 Å². The SMILES string of the molecule is N#Cc1ccc(C(=O)N[C@@H](CN2CCOCC2)c2ccccc2)cc1. The highest BCUT2D eigenvalue weighted by molar-refractivity contribution is 5.94. The minimum Gasteiger partial charge on any atom is -0.379 e. The van der Waals surface area contributed by atoms with Gasteiger partial charge in [-0.05, 0) is 29.8 Å². The number of nitriles is 1. The molecule has 128 valence electrons. The molecule has 3 rings (SSSR count). The van der Waals surface area contributed by atoms with Gasteiger partial charge < -0.3 is 10.1 Å². The van der Waals surface area contributed by atoms with E-state index in [1.807, 2.05) is 30.3 Å². The fourth-order valence-electron chi connectivity index (χ4n) is 2.90. The average molecular weight is 335 g/mol. The molecule has 0 unspecified atom stereocenters. The second-order valence-corrected chi connectivity index (χ2v) is 6.04. The summed E-state index contributed by atoms with van der Waals surface area (Å²) in [5.41, 5.74) is 2.18. The quantitative estimate of drug-likeness (QED) is 0.911. The van der Waals surface area contributed by atoms with Gasteiger partial charge in [0.15, 0.2) is 0 Å². The molecule has 1 saturated heterocycles. The monoisotopic (exact) mass is 335 g/mol. The Bertz CT molecular complexity index is 732. The molecular weight excluding hydrogens is 314 g/mol. The van der Waals surface area contributed by atoms with E-state index in [1.54, 1.807) is 24.3 Å². The fraction of sp³-hybridized carbons (Fsp3) is 0.300. The van der Waals surface area contributed by atoms with Crippen LogP contribution in [0, 0.1) is 11.3 Å². The third-order valence-corrected chi connectivity index (χ3v) is 4.33. The zero-order valence-corrected chi connectivity index (χ0v) is 14.0. The van der Waals surface area contributed by atoms with Crippen LogP contribution in [-0.2, 0) is 4.74 Å². The molecule has 5 heteroatoms. The molecule has 5 nitrogen and oxygen atoms in total. The average Bonchev–Trinajstić information content (AvgIpc) is 2.69. The molecule has 0 radical (unpaired) electrons. The number of morpholine rings is 1. The Balaban J connectivity index is 1.74. The van der Waals surface area contributed by atoms with Crippen molar-refractivity contribution in [1.82, 2.24) is 10.2 Å². The van der Waals surface area contributed by atoms with E-state index in [2.05, 4.69) is 16.3 Å². The Morgan fingerprint density at radius 3 is 2.44 bits per heavy atom. The molecule has 1 amide bonds. The molecule has 2 aromatic rings. The van der Waals surface area contributed by atoms with Crippen molar-refractivity contribution in [3.63, 3.8) is 0 Å². The van der Waals surface area contributed by atoms with Crippen molar-refractivity contribution in [2.24, 2.45) is 0 Å². The molecule has 1 aliphatic heterocycles. The van der Waals surface area contributed by atoms with Gasteiger partial charge in [0, 0.05) is 25.2 Å². The molecule has 1 atom stereocenters. The molecule has 25 heavy (non-hydrogen) atoms.